The SMILES string of the molecule is CC(C)(C)OC(=O)N(CCN1CCCC1)c1cn(-c2cccnc2)nc1Cl. The van der Waals surface area contributed by atoms with E-state index in [4.69, 9.17) is 16.3 Å². The highest BCUT2D eigenvalue weighted by Gasteiger charge is 2.27. The van der Waals surface area contributed by atoms with Crippen molar-refractivity contribution in [3.8, 4) is 5.69 Å². The summed E-state index contributed by atoms with van der Waals surface area (Å²) < 4.78 is 7.22. The number of hydrogen-bond acceptors (Lipinski definition) is 5. The molecule has 3 heterocycles. The first-order valence-corrected chi connectivity index (χ1v) is 9.60. The molecule has 7 nitrogen and oxygen atoms in total. The fraction of sp³-hybridized carbons (Fsp3) is 0.526. The van der Waals surface area contributed by atoms with E-state index in [9.17, 15) is 4.79 Å². The Morgan fingerprint density at radius 2 is 2.07 bits per heavy atom. The number of anilines is 1. The molecule has 27 heavy (non-hydrogen) atoms. The standard InChI is InChI=1S/C19H26ClN5O2/c1-19(2,3)27-18(26)24(12-11-23-9-4-5-10-23)16-14-25(22-17(16)20)15-7-6-8-21-13-15/h6-8,13-14H,4-5,9-12H2,1-3H3. The Bertz CT molecular complexity index is 766. The normalized spacial score (nSPS) is 15.1. The summed E-state index contributed by atoms with van der Waals surface area (Å²) in [6, 6.07) is 3.70. The van der Waals surface area contributed by atoms with Gasteiger partial charge < -0.3 is 9.64 Å². The smallest absolute Gasteiger partial charge is 0.415 e. The molecule has 0 N–H and O–H groups in total. The molecule has 0 atom stereocenters. The molecule has 1 amide bonds. The lowest BCUT2D eigenvalue weighted by Gasteiger charge is -2.28. The average molecular weight is 392 g/mol. The van der Waals surface area contributed by atoms with Crippen LogP contribution >= 0.6 is 11.6 Å². The molecule has 1 fully saturated rings. The zero-order chi connectivity index (χ0) is 19.4. The number of ether oxygens (including phenoxy) is 1. The maximum absolute atomic E-state index is 12.8. The molecule has 0 saturated carbocycles. The van der Waals surface area contributed by atoms with Gasteiger partial charge in [-0.15, -0.1) is 0 Å². The molecule has 146 valence electrons. The molecule has 0 unspecified atom stereocenters. The molecule has 8 heteroatoms. The molecule has 2 aromatic heterocycles. The van der Waals surface area contributed by atoms with E-state index in [2.05, 4.69) is 15.0 Å². The first-order valence-electron chi connectivity index (χ1n) is 9.22. The second kappa shape index (κ2) is 8.27. The van der Waals surface area contributed by atoms with Crippen LogP contribution in [0, 0.1) is 0 Å². The van der Waals surface area contributed by atoms with Crippen LogP contribution in [0.3, 0.4) is 0 Å². The number of amides is 1. The van der Waals surface area contributed by atoms with Gasteiger partial charge in [0.1, 0.15) is 11.3 Å². The summed E-state index contributed by atoms with van der Waals surface area (Å²) in [5.74, 6) is 0. The zero-order valence-electron chi connectivity index (χ0n) is 16.1. The van der Waals surface area contributed by atoms with Gasteiger partial charge in [0.25, 0.3) is 0 Å². The molecule has 0 aromatic carbocycles. The minimum atomic E-state index is -0.588. The number of carbonyl (C=O) groups is 1. The van der Waals surface area contributed by atoms with Crippen molar-refractivity contribution < 1.29 is 9.53 Å². The monoisotopic (exact) mass is 391 g/mol. The van der Waals surface area contributed by atoms with Crippen molar-refractivity contribution in [1.29, 1.82) is 0 Å². The van der Waals surface area contributed by atoms with Gasteiger partial charge >= 0.3 is 6.09 Å². The molecule has 2 aromatic rings. The maximum Gasteiger partial charge on any atom is 0.415 e. The second-order valence-electron chi connectivity index (χ2n) is 7.64. The highest BCUT2D eigenvalue weighted by atomic mass is 35.5. The topological polar surface area (TPSA) is 63.5 Å². The third kappa shape index (κ3) is 5.20. The summed E-state index contributed by atoms with van der Waals surface area (Å²) in [5, 5.41) is 4.60. The first kappa shape index (κ1) is 19.6. The van der Waals surface area contributed by atoms with Gasteiger partial charge in [-0.3, -0.25) is 9.88 Å². The largest absolute Gasteiger partial charge is 0.443 e. The van der Waals surface area contributed by atoms with Gasteiger partial charge in [-0.05, 0) is 58.8 Å². The highest BCUT2D eigenvalue weighted by molar-refractivity contribution is 6.32. The van der Waals surface area contributed by atoms with Crippen molar-refractivity contribution in [3.63, 3.8) is 0 Å². The third-order valence-electron chi connectivity index (χ3n) is 4.31. The Morgan fingerprint density at radius 3 is 2.70 bits per heavy atom. The molecule has 0 radical (unpaired) electrons. The van der Waals surface area contributed by atoms with Gasteiger partial charge in [-0.2, -0.15) is 5.10 Å². The molecule has 3 rings (SSSR count). The Morgan fingerprint density at radius 1 is 1.33 bits per heavy atom. The fourth-order valence-corrected chi connectivity index (χ4v) is 3.25. The Labute approximate surface area is 164 Å². The minimum absolute atomic E-state index is 0.256. The zero-order valence-corrected chi connectivity index (χ0v) is 16.8. The number of rotatable bonds is 5. The van der Waals surface area contributed by atoms with Crippen molar-refractivity contribution in [2.75, 3.05) is 31.1 Å². The summed E-state index contributed by atoms with van der Waals surface area (Å²) in [6.07, 6.45) is 7.11. The number of hydrogen-bond donors (Lipinski definition) is 0. The lowest BCUT2D eigenvalue weighted by molar-refractivity contribution is 0.0577. The molecule has 0 spiro atoms. The molecule has 1 aliphatic rings. The van der Waals surface area contributed by atoms with Gasteiger partial charge in [0, 0.05) is 19.3 Å². The average Bonchev–Trinajstić information content (AvgIpc) is 3.25. The highest BCUT2D eigenvalue weighted by Crippen LogP contribution is 2.27. The second-order valence-corrected chi connectivity index (χ2v) is 8.00. The summed E-state index contributed by atoms with van der Waals surface area (Å²) in [5.41, 5.74) is 0.720. The summed E-state index contributed by atoms with van der Waals surface area (Å²) in [4.78, 5) is 20.9. The number of nitrogens with zero attached hydrogens (tertiary/aromatic N) is 5. The van der Waals surface area contributed by atoms with Crippen LogP contribution in [-0.2, 0) is 4.74 Å². The van der Waals surface area contributed by atoms with Crippen LogP contribution in [0.5, 0.6) is 0 Å². The number of halogens is 1. The predicted octanol–water partition coefficient (Wildman–Crippen LogP) is 3.76. The predicted molar refractivity (Wildman–Crippen MR) is 106 cm³/mol. The van der Waals surface area contributed by atoms with Crippen LogP contribution in [0.1, 0.15) is 33.6 Å². The molecular formula is C19H26ClN5O2. The Balaban J connectivity index is 1.84. The molecule has 0 bridgehead atoms. The minimum Gasteiger partial charge on any atom is -0.443 e. The van der Waals surface area contributed by atoms with E-state index in [0.29, 0.717) is 12.2 Å². The van der Waals surface area contributed by atoms with Crippen molar-refractivity contribution in [3.05, 3.63) is 35.9 Å². The van der Waals surface area contributed by atoms with Crippen molar-refractivity contribution >= 4 is 23.4 Å². The van der Waals surface area contributed by atoms with E-state index >= 15 is 0 Å². The molecule has 1 saturated heterocycles. The number of likely N-dealkylation sites (tertiary alicyclic amines) is 1. The van der Waals surface area contributed by atoms with Crippen molar-refractivity contribution in [1.82, 2.24) is 19.7 Å². The van der Waals surface area contributed by atoms with Crippen molar-refractivity contribution in [2.24, 2.45) is 0 Å². The maximum atomic E-state index is 12.8. The summed E-state index contributed by atoms with van der Waals surface area (Å²) in [7, 11) is 0. The lowest BCUT2D eigenvalue weighted by Crippen LogP contribution is -2.41. The Kier molecular flexibility index (Phi) is 6.01. The number of pyridine rings is 1. The van der Waals surface area contributed by atoms with Crippen LogP contribution in [-0.4, -0.2) is 57.5 Å². The Hall–Kier alpha value is -2.12. The van der Waals surface area contributed by atoms with Crippen LogP contribution in [0.25, 0.3) is 5.69 Å². The van der Waals surface area contributed by atoms with Gasteiger partial charge in [-0.25, -0.2) is 9.48 Å². The fourth-order valence-electron chi connectivity index (χ4n) is 3.02. The first-order chi connectivity index (χ1) is 12.8. The van der Waals surface area contributed by atoms with E-state index in [0.717, 1.165) is 25.3 Å². The van der Waals surface area contributed by atoms with E-state index in [1.807, 2.05) is 32.9 Å². The van der Waals surface area contributed by atoms with E-state index in [1.165, 1.54) is 12.8 Å². The van der Waals surface area contributed by atoms with Crippen molar-refractivity contribution in [2.45, 2.75) is 39.2 Å². The van der Waals surface area contributed by atoms with E-state index < -0.39 is 11.7 Å². The lowest BCUT2D eigenvalue weighted by atomic mass is 10.2. The van der Waals surface area contributed by atoms with Gasteiger partial charge in [-0.1, -0.05) is 11.6 Å². The number of carbonyl (C=O) groups excluding carboxylic acids is 1. The van der Waals surface area contributed by atoms with Crippen LogP contribution in [0.4, 0.5) is 10.5 Å². The number of aromatic nitrogens is 3. The summed E-state index contributed by atoms with van der Waals surface area (Å²) >= 11 is 6.38. The molecule has 1 aliphatic heterocycles. The quantitative estimate of drug-likeness (QED) is 0.776. The third-order valence-corrected chi connectivity index (χ3v) is 4.57. The van der Waals surface area contributed by atoms with Gasteiger partial charge in [0.05, 0.1) is 18.1 Å². The van der Waals surface area contributed by atoms with Gasteiger partial charge in [0.15, 0.2) is 5.15 Å². The van der Waals surface area contributed by atoms with Crippen LogP contribution in [0.15, 0.2) is 30.7 Å². The van der Waals surface area contributed by atoms with E-state index in [-0.39, 0.29) is 5.15 Å². The van der Waals surface area contributed by atoms with Crippen LogP contribution < -0.4 is 4.90 Å². The van der Waals surface area contributed by atoms with E-state index in [1.54, 1.807) is 28.2 Å². The summed E-state index contributed by atoms with van der Waals surface area (Å²) in [6.45, 7) is 8.94. The molecular weight excluding hydrogens is 366 g/mol. The van der Waals surface area contributed by atoms with Gasteiger partial charge in [0.2, 0.25) is 0 Å². The molecule has 0 aliphatic carbocycles. The van der Waals surface area contributed by atoms with Crippen LogP contribution in [0.2, 0.25) is 5.15 Å².